The number of anilines is 1. The quantitative estimate of drug-likeness (QED) is 0.788. The van der Waals surface area contributed by atoms with Crippen molar-refractivity contribution in [2.24, 2.45) is 0 Å². The van der Waals surface area contributed by atoms with Gasteiger partial charge in [0.2, 0.25) is 0 Å². The number of hydrogen-bond acceptors (Lipinski definition) is 3. The van der Waals surface area contributed by atoms with E-state index in [4.69, 9.17) is 11.6 Å². The van der Waals surface area contributed by atoms with Crippen LogP contribution in [0.15, 0.2) is 58.6 Å². The Morgan fingerprint density at radius 3 is 2.58 bits per heavy atom. The molecule has 0 bridgehead atoms. The van der Waals surface area contributed by atoms with Gasteiger partial charge in [0.25, 0.3) is 10.0 Å². The number of hydrogen-bond donors (Lipinski definition) is 0. The van der Waals surface area contributed by atoms with Crippen LogP contribution in [0, 0.1) is 0 Å². The van der Waals surface area contributed by atoms with Crippen molar-refractivity contribution in [2.45, 2.75) is 4.21 Å². The Kier molecular flexibility index (Phi) is 4.29. The van der Waals surface area contributed by atoms with Crippen molar-refractivity contribution in [1.29, 1.82) is 0 Å². The average molecular weight is 314 g/mol. The van der Waals surface area contributed by atoms with Crippen LogP contribution < -0.4 is 4.31 Å². The summed E-state index contributed by atoms with van der Waals surface area (Å²) in [6.07, 6.45) is 1.54. The van der Waals surface area contributed by atoms with Crippen LogP contribution in [-0.4, -0.2) is 15.0 Å². The van der Waals surface area contributed by atoms with Crippen molar-refractivity contribution in [1.82, 2.24) is 0 Å². The Bertz CT molecular complexity index is 666. The van der Waals surface area contributed by atoms with Gasteiger partial charge in [0, 0.05) is 0 Å². The predicted molar refractivity (Wildman–Crippen MR) is 80.5 cm³/mol. The first-order valence-corrected chi connectivity index (χ1v) is 8.19. The summed E-state index contributed by atoms with van der Waals surface area (Å²) in [6, 6.07) is 10.1. The smallest absolute Gasteiger partial charge is 0.260 e. The maximum absolute atomic E-state index is 12.6. The largest absolute Gasteiger partial charge is 0.274 e. The van der Waals surface area contributed by atoms with Crippen LogP contribution in [-0.2, 0) is 10.0 Å². The minimum atomic E-state index is -3.60. The molecule has 0 spiro atoms. The van der Waals surface area contributed by atoms with Crippen LogP contribution in [0.25, 0.3) is 0 Å². The van der Waals surface area contributed by atoms with E-state index in [1.54, 1.807) is 41.8 Å². The summed E-state index contributed by atoms with van der Waals surface area (Å²) in [5, 5.41) is 2.12. The summed E-state index contributed by atoms with van der Waals surface area (Å²) in [4.78, 5) is 0. The van der Waals surface area contributed by atoms with Gasteiger partial charge in [-0.1, -0.05) is 35.9 Å². The molecule has 0 atom stereocenters. The van der Waals surface area contributed by atoms with E-state index in [2.05, 4.69) is 6.58 Å². The third kappa shape index (κ3) is 2.83. The van der Waals surface area contributed by atoms with Gasteiger partial charge in [-0.15, -0.1) is 17.9 Å². The fraction of sp³-hybridized carbons (Fsp3) is 0.0769. The number of nitrogens with zero attached hydrogens (tertiary/aromatic N) is 1. The monoisotopic (exact) mass is 313 g/mol. The molecule has 0 aliphatic carbocycles. The van der Waals surface area contributed by atoms with E-state index in [-0.39, 0.29) is 10.8 Å². The lowest BCUT2D eigenvalue weighted by atomic mass is 10.3. The fourth-order valence-electron chi connectivity index (χ4n) is 1.62. The van der Waals surface area contributed by atoms with Crippen molar-refractivity contribution in [3.63, 3.8) is 0 Å². The molecular formula is C13H12ClNO2S2. The summed E-state index contributed by atoms with van der Waals surface area (Å²) < 4.78 is 26.7. The highest BCUT2D eigenvalue weighted by molar-refractivity contribution is 7.94. The van der Waals surface area contributed by atoms with Gasteiger partial charge in [-0.3, -0.25) is 4.31 Å². The van der Waals surface area contributed by atoms with Gasteiger partial charge >= 0.3 is 0 Å². The van der Waals surface area contributed by atoms with Crippen molar-refractivity contribution in [3.05, 3.63) is 59.5 Å². The van der Waals surface area contributed by atoms with E-state index in [1.807, 2.05) is 0 Å². The molecule has 0 aliphatic heterocycles. The number of sulfonamides is 1. The molecule has 0 unspecified atom stereocenters. The summed E-state index contributed by atoms with van der Waals surface area (Å²) in [7, 11) is -3.60. The van der Waals surface area contributed by atoms with Crippen molar-refractivity contribution in [2.75, 3.05) is 10.8 Å². The fourth-order valence-corrected chi connectivity index (χ4v) is 4.46. The molecule has 1 aromatic carbocycles. The lowest BCUT2D eigenvalue weighted by molar-refractivity contribution is 0.595. The molecule has 0 fully saturated rings. The van der Waals surface area contributed by atoms with Crippen molar-refractivity contribution in [3.8, 4) is 0 Å². The SMILES string of the molecule is C=CCN(c1ccccc1Cl)S(=O)(=O)c1cccs1. The van der Waals surface area contributed by atoms with E-state index in [9.17, 15) is 8.42 Å². The van der Waals surface area contributed by atoms with Gasteiger partial charge in [0.05, 0.1) is 17.3 Å². The minimum Gasteiger partial charge on any atom is -0.260 e. The average Bonchev–Trinajstić information content (AvgIpc) is 2.91. The maximum Gasteiger partial charge on any atom is 0.274 e. The van der Waals surface area contributed by atoms with Gasteiger partial charge in [-0.2, -0.15) is 0 Å². The first-order chi connectivity index (χ1) is 9.07. The normalized spacial score (nSPS) is 11.2. The molecular weight excluding hydrogens is 302 g/mol. The molecule has 19 heavy (non-hydrogen) atoms. The molecule has 1 aromatic heterocycles. The van der Waals surface area contributed by atoms with Crippen LogP contribution >= 0.6 is 22.9 Å². The van der Waals surface area contributed by atoms with Gasteiger partial charge < -0.3 is 0 Å². The predicted octanol–water partition coefficient (Wildman–Crippen LogP) is 3.78. The number of benzene rings is 1. The van der Waals surface area contributed by atoms with Crippen LogP contribution in [0.4, 0.5) is 5.69 Å². The molecule has 0 saturated heterocycles. The maximum atomic E-state index is 12.6. The summed E-state index contributed by atoms with van der Waals surface area (Å²) in [6.45, 7) is 3.78. The summed E-state index contributed by atoms with van der Waals surface area (Å²) in [5.74, 6) is 0. The molecule has 0 saturated carbocycles. The summed E-state index contributed by atoms with van der Waals surface area (Å²) >= 11 is 7.26. The second-order valence-corrected chi connectivity index (χ2v) is 7.15. The zero-order valence-electron chi connectivity index (χ0n) is 9.99. The first-order valence-electron chi connectivity index (χ1n) is 5.49. The highest BCUT2D eigenvalue weighted by atomic mass is 35.5. The number of para-hydroxylation sites is 1. The lowest BCUT2D eigenvalue weighted by Gasteiger charge is -2.23. The standard InChI is InChI=1S/C13H12ClNO2S2/c1-2-9-15(12-7-4-3-6-11(12)14)19(16,17)13-8-5-10-18-13/h2-8,10H,1,9H2. The van der Waals surface area contributed by atoms with Crippen LogP contribution in [0.2, 0.25) is 5.02 Å². The molecule has 0 N–H and O–H groups in total. The molecule has 0 radical (unpaired) electrons. The van der Waals surface area contributed by atoms with Gasteiger partial charge in [0.15, 0.2) is 0 Å². The van der Waals surface area contributed by atoms with Crippen molar-refractivity contribution >= 4 is 38.6 Å². The van der Waals surface area contributed by atoms with Crippen LogP contribution in [0.1, 0.15) is 0 Å². The Balaban J connectivity index is 2.53. The lowest BCUT2D eigenvalue weighted by Crippen LogP contribution is -2.30. The highest BCUT2D eigenvalue weighted by Gasteiger charge is 2.26. The van der Waals surface area contributed by atoms with Crippen LogP contribution in [0.3, 0.4) is 0 Å². The molecule has 0 amide bonds. The number of thiophene rings is 1. The van der Waals surface area contributed by atoms with Crippen molar-refractivity contribution < 1.29 is 8.42 Å². The van der Waals surface area contributed by atoms with E-state index in [0.29, 0.717) is 10.7 Å². The van der Waals surface area contributed by atoms with Gasteiger partial charge in [-0.25, -0.2) is 8.42 Å². The number of halogens is 1. The molecule has 2 rings (SSSR count). The molecule has 3 nitrogen and oxygen atoms in total. The zero-order chi connectivity index (χ0) is 13.9. The third-order valence-electron chi connectivity index (χ3n) is 2.46. The molecule has 0 aliphatic rings. The minimum absolute atomic E-state index is 0.171. The van der Waals surface area contributed by atoms with Gasteiger partial charge in [-0.05, 0) is 23.6 Å². The second-order valence-electron chi connectivity index (χ2n) is 3.71. The van der Waals surface area contributed by atoms with E-state index in [1.165, 1.54) is 21.7 Å². The second kappa shape index (κ2) is 5.77. The van der Waals surface area contributed by atoms with E-state index >= 15 is 0 Å². The van der Waals surface area contributed by atoms with E-state index < -0.39 is 10.0 Å². The molecule has 1 heterocycles. The third-order valence-corrected chi connectivity index (χ3v) is 5.93. The first kappa shape index (κ1) is 14.1. The summed E-state index contributed by atoms with van der Waals surface area (Å²) in [5.41, 5.74) is 0.456. The van der Waals surface area contributed by atoms with Crippen LogP contribution in [0.5, 0.6) is 0 Å². The number of rotatable bonds is 5. The van der Waals surface area contributed by atoms with E-state index in [0.717, 1.165) is 0 Å². The highest BCUT2D eigenvalue weighted by Crippen LogP contribution is 2.31. The molecule has 6 heteroatoms. The molecule has 2 aromatic rings. The molecule has 100 valence electrons. The zero-order valence-corrected chi connectivity index (χ0v) is 12.4. The van der Waals surface area contributed by atoms with Gasteiger partial charge in [0.1, 0.15) is 4.21 Å². The Morgan fingerprint density at radius 2 is 2.00 bits per heavy atom. The topological polar surface area (TPSA) is 37.4 Å². The Morgan fingerprint density at radius 1 is 1.26 bits per heavy atom. The Labute approximate surface area is 121 Å². The Hall–Kier alpha value is -1.30.